The number of rotatable bonds is 6. The Bertz CT molecular complexity index is 1170. The van der Waals surface area contributed by atoms with Crippen LogP contribution in [0.3, 0.4) is 0 Å². The van der Waals surface area contributed by atoms with Gasteiger partial charge >= 0.3 is 0 Å². The number of carbonyl (C=O) groups is 2. The summed E-state index contributed by atoms with van der Waals surface area (Å²) in [4.78, 5) is 27.8. The van der Waals surface area contributed by atoms with Crippen molar-refractivity contribution in [3.05, 3.63) is 99.7 Å². The Morgan fingerprint density at radius 2 is 1.55 bits per heavy atom. The van der Waals surface area contributed by atoms with E-state index in [-0.39, 0.29) is 17.8 Å². The molecular weight excluding hydrogens is 435 g/mol. The van der Waals surface area contributed by atoms with Crippen molar-refractivity contribution in [2.24, 2.45) is 0 Å². The van der Waals surface area contributed by atoms with E-state index in [0.717, 1.165) is 0 Å². The topological polar surface area (TPSA) is 58.6 Å². The molecule has 3 aromatic rings. The number of halogens is 2. The van der Waals surface area contributed by atoms with Crippen LogP contribution in [-0.4, -0.2) is 23.8 Å². The summed E-state index contributed by atoms with van der Waals surface area (Å²) < 4.78 is 5.18. The molecule has 31 heavy (non-hydrogen) atoms. The van der Waals surface area contributed by atoms with Crippen molar-refractivity contribution in [2.45, 2.75) is 6.54 Å². The zero-order valence-electron chi connectivity index (χ0n) is 16.6. The SMILES string of the molecule is COc1ccc(NC2=C(c3ccc(Cl)cc3)C(=O)N(Cc3ccccc3Cl)C2=O)cc1. The third-order valence-electron chi connectivity index (χ3n) is 4.95. The van der Waals surface area contributed by atoms with Gasteiger partial charge in [0.1, 0.15) is 11.4 Å². The fourth-order valence-electron chi connectivity index (χ4n) is 3.34. The predicted octanol–water partition coefficient (Wildman–Crippen LogP) is 5.39. The minimum atomic E-state index is -0.425. The fraction of sp³-hybridized carbons (Fsp3) is 0.0833. The van der Waals surface area contributed by atoms with Crippen molar-refractivity contribution in [1.82, 2.24) is 4.90 Å². The molecule has 1 aliphatic rings. The molecule has 7 heteroatoms. The number of amides is 2. The molecule has 0 aromatic heterocycles. The first kappa shape index (κ1) is 21.0. The van der Waals surface area contributed by atoms with Gasteiger partial charge in [0.05, 0.1) is 19.2 Å². The Kier molecular flexibility index (Phi) is 5.98. The van der Waals surface area contributed by atoms with Crippen LogP contribution in [0.4, 0.5) is 5.69 Å². The quantitative estimate of drug-likeness (QED) is 0.509. The van der Waals surface area contributed by atoms with Crippen molar-refractivity contribution >= 4 is 46.3 Å². The first-order valence-electron chi connectivity index (χ1n) is 9.49. The maximum absolute atomic E-state index is 13.3. The molecule has 0 atom stereocenters. The maximum Gasteiger partial charge on any atom is 0.278 e. The molecule has 0 bridgehead atoms. The molecule has 0 fully saturated rings. The summed E-state index contributed by atoms with van der Waals surface area (Å²) >= 11 is 12.3. The largest absolute Gasteiger partial charge is 0.497 e. The van der Waals surface area contributed by atoms with Crippen molar-refractivity contribution < 1.29 is 14.3 Å². The van der Waals surface area contributed by atoms with Crippen LogP contribution >= 0.6 is 23.2 Å². The molecule has 0 spiro atoms. The van der Waals surface area contributed by atoms with Gasteiger partial charge in [-0.3, -0.25) is 14.5 Å². The first-order chi connectivity index (χ1) is 15.0. The predicted molar refractivity (Wildman–Crippen MR) is 122 cm³/mol. The van der Waals surface area contributed by atoms with E-state index in [1.165, 1.54) is 4.90 Å². The molecule has 1 N–H and O–H groups in total. The van der Waals surface area contributed by atoms with Gasteiger partial charge in [-0.05, 0) is 53.6 Å². The lowest BCUT2D eigenvalue weighted by molar-refractivity contribution is -0.137. The number of nitrogens with one attached hydrogen (secondary N) is 1. The van der Waals surface area contributed by atoms with Crippen LogP contribution in [0.5, 0.6) is 5.75 Å². The number of benzene rings is 3. The molecule has 5 nitrogen and oxygen atoms in total. The van der Waals surface area contributed by atoms with E-state index in [1.807, 2.05) is 6.07 Å². The summed E-state index contributed by atoms with van der Waals surface area (Å²) in [6.45, 7) is 0.0716. The molecule has 0 radical (unpaired) electrons. The van der Waals surface area contributed by atoms with Crippen LogP contribution in [0, 0.1) is 0 Å². The van der Waals surface area contributed by atoms with Crippen LogP contribution in [0.25, 0.3) is 5.57 Å². The van der Waals surface area contributed by atoms with Crippen molar-refractivity contribution in [1.29, 1.82) is 0 Å². The minimum absolute atomic E-state index is 0.0716. The second-order valence-electron chi connectivity index (χ2n) is 6.90. The molecule has 1 aliphatic heterocycles. The summed E-state index contributed by atoms with van der Waals surface area (Å²) in [6.07, 6.45) is 0. The smallest absolute Gasteiger partial charge is 0.278 e. The van der Waals surface area contributed by atoms with Crippen molar-refractivity contribution in [2.75, 3.05) is 12.4 Å². The second-order valence-corrected chi connectivity index (χ2v) is 7.74. The third kappa shape index (κ3) is 4.29. The molecule has 2 amide bonds. The van der Waals surface area contributed by atoms with Crippen molar-refractivity contribution in [3.63, 3.8) is 0 Å². The van der Waals surface area contributed by atoms with Gasteiger partial charge in [0.2, 0.25) is 0 Å². The Morgan fingerprint density at radius 3 is 2.19 bits per heavy atom. The Morgan fingerprint density at radius 1 is 0.871 bits per heavy atom. The average Bonchev–Trinajstić information content (AvgIpc) is 3.00. The Hall–Kier alpha value is -3.28. The van der Waals surface area contributed by atoms with Gasteiger partial charge in [-0.1, -0.05) is 53.5 Å². The monoisotopic (exact) mass is 452 g/mol. The van der Waals surface area contributed by atoms with E-state index in [2.05, 4.69) is 5.32 Å². The van der Waals surface area contributed by atoms with Gasteiger partial charge in [-0.2, -0.15) is 0 Å². The van der Waals surface area contributed by atoms with E-state index in [9.17, 15) is 9.59 Å². The lowest BCUT2D eigenvalue weighted by Gasteiger charge is -2.16. The van der Waals surface area contributed by atoms with Crippen LogP contribution < -0.4 is 10.1 Å². The number of hydrogen-bond acceptors (Lipinski definition) is 4. The highest BCUT2D eigenvalue weighted by atomic mass is 35.5. The molecule has 0 aliphatic carbocycles. The number of nitrogens with zero attached hydrogens (tertiary/aromatic N) is 1. The van der Waals surface area contributed by atoms with Gasteiger partial charge in [0.15, 0.2) is 0 Å². The second kappa shape index (κ2) is 8.84. The number of ether oxygens (including phenoxy) is 1. The number of hydrogen-bond donors (Lipinski definition) is 1. The standard InChI is InChI=1S/C24H18Cl2N2O3/c1-31-19-12-10-18(11-13-19)27-22-21(15-6-8-17(25)9-7-15)23(29)28(24(22)30)14-16-4-2-3-5-20(16)26/h2-13,27H,14H2,1H3. The maximum atomic E-state index is 13.3. The van der Waals surface area contributed by atoms with Crippen LogP contribution in [0.1, 0.15) is 11.1 Å². The Labute approximate surface area is 189 Å². The number of anilines is 1. The third-order valence-corrected chi connectivity index (χ3v) is 5.57. The fourth-order valence-corrected chi connectivity index (χ4v) is 3.66. The van der Waals surface area contributed by atoms with Gasteiger partial charge in [0, 0.05) is 15.7 Å². The van der Waals surface area contributed by atoms with Crippen LogP contribution in [0.15, 0.2) is 78.5 Å². The molecule has 1 heterocycles. The molecule has 0 saturated carbocycles. The summed E-state index contributed by atoms with van der Waals surface area (Å²) in [5.41, 5.74) is 2.42. The summed E-state index contributed by atoms with van der Waals surface area (Å²) in [6, 6.07) is 21.0. The highest BCUT2D eigenvalue weighted by Crippen LogP contribution is 2.33. The zero-order valence-corrected chi connectivity index (χ0v) is 18.1. The van der Waals surface area contributed by atoms with E-state index >= 15 is 0 Å². The first-order valence-corrected chi connectivity index (χ1v) is 10.2. The molecule has 4 rings (SSSR count). The summed E-state index contributed by atoms with van der Waals surface area (Å²) in [5.74, 6) is -0.138. The van der Waals surface area contributed by atoms with E-state index in [0.29, 0.717) is 32.6 Å². The summed E-state index contributed by atoms with van der Waals surface area (Å²) in [7, 11) is 1.58. The van der Waals surface area contributed by atoms with Gasteiger partial charge < -0.3 is 10.1 Å². The molecular formula is C24H18Cl2N2O3. The highest BCUT2D eigenvalue weighted by molar-refractivity contribution is 6.37. The van der Waals surface area contributed by atoms with E-state index in [1.54, 1.807) is 73.8 Å². The van der Waals surface area contributed by atoms with Gasteiger partial charge in [0.25, 0.3) is 11.8 Å². The van der Waals surface area contributed by atoms with Crippen LogP contribution in [0.2, 0.25) is 10.0 Å². The molecule has 3 aromatic carbocycles. The zero-order chi connectivity index (χ0) is 22.0. The minimum Gasteiger partial charge on any atom is -0.497 e. The lowest BCUT2D eigenvalue weighted by atomic mass is 10.0. The Balaban J connectivity index is 1.73. The van der Waals surface area contributed by atoms with E-state index in [4.69, 9.17) is 27.9 Å². The van der Waals surface area contributed by atoms with E-state index < -0.39 is 11.8 Å². The normalized spacial score (nSPS) is 13.7. The van der Waals surface area contributed by atoms with Gasteiger partial charge in [-0.15, -0.1) is 0 Å². The summed E-state index contributed by atoms with van der Waals surface area (Å²) in [5, 5.41) is 4.15. The molecule has 0 saturated heterocycles. The number of methoxy groups -OCH3 is 1. The molecule has 156 valence electrons. The number of carbonyl (C=O) groups excluding carboxylic acids is 2. The van der Waals surface area contributed by atoms with Crippen LogP contribution in [-0.2, 0) is 16.1 Å². The molecule has 0 unspecified atom stereocenters. The number of imide groups is 1. The average molecular weight is 453 g/mol. The highest BCUT2D eigenvalue weighted by Gasteiger charge is 2.39. The van der Waals surface area contributed by atoms with Gasteiger partial charge in [-0.25, -0.2) is 0 Å². The van der Waals surface area contributed by atoms with Crippen molar-refractivity contribution in [3.8, 4) is 5.75 Å². The lowest BCUT2D eigenvalue weighted by Crippen LogP contribution is -2.32.